The Labute approximate surface area is 162 Å². The topological polar surface area (TPSA) is 102 Å². The summed E-state index contributed by atoms with van der Waals surface area (Å²) in [4.78, 5) is 17.9. The van der Waals surface area contributed by atoms with E-state index in [2.05, 4.69) is 15.2 Å². The predicted molar refractivity (Wildman–Crippen MR) is 103 cm³/mol. The van der Waals surface area contributed by atoms with E-state index in [-0.39, 0.29) is 17.5 Å². The maximum absolute atomic E-state index is 13.0. The standard InChI is InChI=1S/C19H21N5O3S/c25-19(17-11-13-5-1-2-6-15(13)20-17)23-10-7-16-14(12-23)18(22-21-16)28(26,27)24-8-3-4-9-24/h1-2,5-6,11,20H,3-4,7-10,12H2,(H,21,22). The summed E-state index contributed by atoms with van der Waals surface area (Å²) in [6, 6.07) is 9.56. The van der Waals surface area contributed by atoms with Crippen molar-refractivity contribution >= 4 is 26.8 Å². The molecule has 0 atom stereocenters. The van der Waals surface area contributed by atoms with Crippen LogP contribution in [0.3, 0.4) is 0 Å². The minimum atomic E-state index is -3.63. The first-order chi connectivity index (χ1) is 13.5. The van der Waals surface area contributed by atoms with Gasteiger partial charge in [0.1, 0.15) is 5.69 Å². The summed E-state index contributed by atoms with van der Waals surface area (Å²) >= 11 is 0. The second kappa shape index (κ2) is 6.46. The zero-order chi connectivity index (χ0) is 19.3. The lowest BCUT2D eigenvalue weighted by molar-refractivity contribution is 0.0727. The number of carbonyl (C=O) groups is 1. The van der Waals surface area contributed by atoms with Gasteiger partial charge in [0.2, 0.25) is 0 Å². The van der Waals surface area contributed by atoms with Gasteiger partial charge in [-0.25, -0.2) is 8.42 Å². The number of amides is 1. The fourth-order valence-corrected chi connectivity index (χ4v) is 5.71. The van der Waals surface area contributed by atoms with Gasteiger partial charge in [-0.3, -0.25) is 9.89 Å². The number of fused-ring (bicyclic) bond motifs is 2. The van der Waals surface area contributed by atoms with Gasteiger partial charge < -0.3 is 9.88 Å². The summed E-state index contributed by atoms with van der Waals surface area (Å²) in [7, 11) is -3.63. The Morgan fingerprint density at radius 2 is 1.89 bits per heavy atom. The molecule has 0 saturated carbocycles. The third-order valence-electron chi connectivity index (χ3n) is 5.59. The fourth-order valence-electron chi connectivity index (χ4n) is 4.07. The lowest BCUT2D eigenvalue weighted by Crippen LogP contribution is -2.37. The number of nitrogens with zero attached hydrogens (tertiary/aromatic N) is 3. The number of sulfonamides is 1. The van der Waals surface area contributed by atoms with Crippen LogP contribution in [0.25, 0.3) is 10.9 Å². The first kappa shape index (κ1) is 17.4. The molecule has 5 rings (SSSR count). The summed E-state index contributed by atoms with van der Waals surface area (Å²) in [6.45, 7) is 1.82. The van der Waals surface area contributed by atoms with E-state index in [1.54, 1.807) is 4.90 Å². The van der Waals surface area contributed by atoms with Gasteiger partial charge in [-0.15, -0.1) is 0 Å². The van der Waals surface area contributed by atoms with Crippen LogP contribution in [0.1, 0.15) is 34.6 Å². The third-order valence-corrected chi connectivity index (χ3v) is 7.46. The largest absolute Gasteiger partial charge is 0.351 e. The molecule has 1 aromatic carbocycles. The molecule has 2 aliphatic rings. The normalized spacial score (nSPS) is 17.9. The van der Waals surface area contributed by atoms with Gasteiger partial charge in [-0.05, 0) is 25.0 Å². The van der Waals surface area contributed by atoms with Crippen LogP contribution < -0.4 is 0 Å². The Kier molecular flexibility index (Phi) is 4.02. The highest BCUT2D eigenvalue weighted by Crippen LogP contribution is 2.28. The third kappa shape index (κ3) is 2.73. The molecule has 0 unspecified atom stereocenters. The van der Waals surface area contributed by atoms with E-state index in [0.717, 1.165) is 29.4 Å². The number of carbonyl (C=O) groups excluding carboxylic acids is 1. The monoisotopic (exact) mass is 399 g/mol. The van der Waals surface area contributed by atoms with Crippen LogP contribution in [0, 0.1) is 0 Å². The zero-order valence-corrected chi connectivity index (χ0v) is 16.1. The van der Waals surface area contributed by atoms with E-state index in [9.17, 15) is 13.2 Å². The van der Waals surface area contributed by atoms with Crippen LogP contribution in [-0.4, -0.2) is 58.3 Å². The summed E-state index contributed by atoms with van der Waals surface area (Å²) in [6.07, 6.45) is 2.30. The molecule has 0 aliphatic carbocycles. The molecule has 0 spiro atoms. The molecular formula is C19H21N5O3S. The number of aromatic nitrogens is 3. The van der Waals surface area contributed by atoms with Gasteiger partial charge >= 0.3 is 0 Å². The first-order valence-electron chi connectivity index (χ1n) is 9.47. The van der Waals surface area contributed by atoms with Crippen LogP contribution in [0.5, 0.6) is 0 Å². The van der Waals surface area contributed by atoms with E-state index in [1.807, 2.05) is 30.3 Å². The zero-order valence-electron chi connectivity index (χ0n) is 15.3. The molecule has 1 fully saturated rings. The van der Waals surface area contributed by atoms with Gasteiger partial charge in [0.05, 0.1) is 6.54 Å². The summed E-state index contributed by atoms with van der Waals surface area (Å²) in [5, 5.41) is 8.03. The minimum Gasteiger partial charge on any atom is -0.351 e. The van der Waals surface area contributed by atoms with Gasteiger partial charge in [-0.2, -0.15) is 9.40 Å². The highest BCUT2D eigenvalue weighted by atomic mass is 32.2. The van der Waals surface area contributed by atoms with E-state index < -0.39 is 10.0 Å². The number of aromatic amines is 2. The highest BCUT2D eigenvalue weighted by Gasteiger charge is 2.35. The van der Waals surface area contributed by atoms with Crippen molar-refractivity contribution in [3.8, 4) is 0 Å². The van der Waals surface area contributed by atoms with Crippen LogP contribution in [-0.2, 0) is 23.0 Å². The van der Waals surface area contributed by atoms with Crippen LogP contribution in [0.15, 0.2) is 35.4 Å². The van der Waals surface area contributed by atoms with E-state index in [1.165, 1.54) is 4.31 Å². The van der Waals surface area contributed by atoms with Crippen molar-refractivity contribution in [2.75, 3.05) is 19.6 Å². The highest BCUT2D eigenvalue weighted by molar-refractivity contribution is 7.89. The van der Waals surface area contributed by atoms with Gasteiger partial charge in [-0.1, -0.05) is 18.2 Å². The Morgan fingerprint density at radius 1 is 1.11 bits per heavy atom. The number of H-pyrrole nitrogens is 2. The number of benzene rings is 1. The summed E-state index contributed by atoms with van der Waals surface area (Å²) in [5.74, 6) is -0.132. The molecule has 1 amide bonds. The lowest BCUT2D eigenvalue weighted by Gasteiger charge is -2.27. The molecule has 9 heteroatoms. The van der Waals surface area contributed by atoms with Crippen molar-refractivity contribution in [2.45, 2.75) is 30.8 Å². The van der Waals surface area contributed by atoms with Crippen LogP contribution in [0.2, 0.25) is 0 Å². The smallest absolute Gasteiger partial charge is 0.270 e. The van der Waals surface area contributed by atoms with E-state index in [4.69, 9.17) is 0 Å². The predicted octanol–water partition coefficient (Wildman–Crippen LogP) is 1.87. The van der Waals surface area contributed by atoms with Gasteiger partial charge in [0.25, 0.3) is 15.9 Å². The van der Waals surface area contributed by atoms with Gasteiger partial charge in [0.15, 0.2) is 5.03 Å². The SMILES string of the molecule is O=C(c1cc2ccccc2[nH]1)N1CCc2[nH]nc(S(=O)(=O)N3CCCC3)c2C1. The van der Waals surface area contributed by atoms with Crippen molar-refractivity contribution in [2.24, 2.45) is 0 Å². The maximum Gasteiger partial charge on any atom is 0.270 e. The average molecular weight is 399 g/mol. The van der Waals surface area contributed by atoms with Gasteiger partial charge in [0, 0.05) is 48.2 Å². The summed E-state index contributed by atoms with van der Waals surface area (Å²) in [5.41, 5.74) is 2.84. The fraction of sp³-hybridized carbons (Fsp3) is 0.368. The number of hydrogen-bond donors (Lipinski definition) is 2. The molecule has 3 aromatic rings. The van der Waals surface area contributed by atoms with Crippen molar-refractivity contribution in [1.82, 2.24) is 24.4 Å². The quantitative estimate of drug-likeness (QED) is 0.702. The molecule has 4 heterocycles. The molecule has 8 nitrogen and oxygen atoms in total. The molecular weight excluding hydrogens is 378 g/mol. The number of nitrogens with one attached hydrogen (secondary N) is 2. The second-order valence-corrected chi connectivity index (χ2v) is 9.20. The van der Waals surface area contributed by atoms with Crippen LogP contribution in [0.4, 0.5) is 0 Å². The molecule has 146 valence electrons. The minimum absolute atomic E-state index is 0.0681. The van der Waals surface area contributed by atoms with E-state index in [0.29, 0.717) is 37.3 Å². The molecule has 1 saturated heterocycles. The van der Waals surface area contributed by atoms with Crippen molar-refractivity contribution in [3.05, 3.63) is 47.3 Å². The number of rotatable bonds is 3. The Hall–Kier alpha value is -2.65. The molecule has 2 aromatic heterocycles. The lowest BCUT2D eigenvalue weighted by atomic mass is 10.1. The van der Waals surface area contributed by atoms with Crippen LogP contribution >= 0.6 is 0 Å². The average Bonchev–Trinajstić information content (AvgIpc) is 3.45. The van der Waals surface area contributed by atoms with Crippen molar-refractivity contribution in [3.63, 3.8) is 0 Å². The Bertz CT molecular complexity index is 1120. The second-order valence-electron chi connectivity index (χ2n) is 7.34. The molecule has 0 bridgehead atoms. The Balaban J connectivity index is 1.44. The maximum atomic E-state index is 13.0. The Morgan fingerprint density at radius 3 is 2.68 bits per heavy atom. The molecule has 0 radical (unpaired) electrons. The molecule has 28 heavy (non-hydrogen) atoms. The first-order valence-corrected chi connectivity index (χ1v) is 10.9. The molecule has 2 aliphatic heterocycles. The molecule has 2 N–H and O–H groups in total. The number of hydrogen-bond acceptors (Lipinski definition) is 4. The van der Waals surface area contributed by atoms with Crippen molar-refractivity contribution < 1.29 is 13.2 Å². The van der Waals surface area contributed by atoms with E-state index >= 15 is 0 Å². The number of para-hydroxylation sites is 1. The summed E-state index contributed by atoms with van der Waals surface area (Å²) < 4.78 is 27.4. The van der Waals surface area contributed by atoms with Crippen molar-refractivity contribution in [1.29, 1.82) is 0 Å².